The number of amides is 1. The van der Waals surface area contributed by atoms with Gasteiger partial charge in [0.1, 0.15) is 12.2 Å². The summed E-state index contributed by atoms with van der Waals surface area (Å²) in [5.41, 5.74) is 5.64. The van der Waals surface area contributed by atoms with Gasteiger partial charge in [-0.15, -0.1) is 10.2 Å². The summed E-state index contributed by atoms with van der Waals surface area (Å²) in [6.07, 6.45) is 3.07. The maximum atomic E-state index is 12.1. The Labute approximate surface area is 116 Å². The number of carboxylic acid groups (broad SMARTS) is 1. The number of carboxylic acids is 1. The molecule has 1 aliphatic rings. The van der Waals surface area contributed by atoms with Crippen molar-refractivity contribution in [3.63, 3.8) is 0 Å². The van der Waals surface area contributed by atoms with Crippen LogP contribution in [-0.4, -0.2) is 55.8 Å². The second kappa shape index (κ2) is 6.00. The van der Waals surface area contributed by atoms with Crippen LogP contribution in [0.15, 0.2) is 6.33 Å². The van der Waals surface area contributed by atoms with Gasteiger partial charge in [0.15, 0.2) is 0 Å². The number of hydrogen-bond acceptors (Lipinski definition) is 5. The van der Waals surface area contributed by atoms with Crippen molar-refractivity contribution in [2.24, 2.45) is 12.8 Å². The zero-order valence-corrected chi connectivity index (χ0v) is 11.4. The third kappa shape index (κ3) is 3.13. The van der Waals surface area contributed by atoms with Crippen molar-refractivity contribution in [2.45, 2.75) is 31.2 Å². The molecule has 1 saturated heterocycles. The first-order valence-corrected chi connectivity index (χ1v) is 6.59. The molecule has 3 N–H and O–H groups in total. The highest BCUT2D eigenvalue weighted by molar-refractivity contribution is 5.86. The molecule has 8 nitrogen and oxygen atoms in total. The second-order valence-corrected chi connectivity index (χ2v) is 5.13. The number of carbonyl (C=O) groups excluding carboxylic acids is 1. The molecule has 2 unspecified atom stereocenters. The van der Waals surface area contributed by atoms with Gasteiger partial charge in [-0.25, -0.2) is 0 Å². The Morgan fingerprint density at radius 2 is 2.35 bits per heavy atom. The molecule has 2 rings (SSSR count). The Kier molecular flexibility index (Phi) is 4.33. The summed E-state index contributed by atoms with van der Waals surface area (Å²) < 4.78 is 1.84. The number of carbonyl (C=O) groups is 2. The molecule has 1 amide bonds. The van der Waals surface area contributed by atoms with Crippen LogP contribution in [0, 0.1) is 0 Å². The molecule has 0 aromatic carbocycles. The minimum atomic E-state index is -1.06. The van der Waals surface area contributed by atoms with Crippen LogP contribution in [0.25, 0.3) is 0 Å². The number of aromatic nitrogens is 3. The van der Waals surface area contributed by atoms with Crippen molar-refractivity contribution >= 4 is 11.9 Å². The number of rotatable bonds is 4. The molecule has 0 bridgehead atoms. The first kappa shape index (κ1) is 14.4. The molecule has 1 aromatic heterocycles. The van der Waals surface area contributed by atoms with Crippen LogP contribution in [0.1, 0.15) is 31.0 Å². The van der Waals surface area contributed by atoms with E-state index in [4.69, 9.17) is 10.8 Å². The van der Waals surface area contributed by atoms with Gasteiger partial charge < -0.3 is 20.3 Å². The molecule has 0 saturated carbocycles. The molecule has 0 aliphatic carbocycles. The molecule has 110 valence electrons. The largest absolute Gasteiger partial charge is 0.481 e. The number of nitrogens with zero attached hydrogens (tertiary/aromatic N) is 4. The lowest BCUT2D eigenvalue weighted by atomic mass is 9.96. The predicted molar refractivity (Wildman–Crippen MR) is 69.8 cm³/mol. The lowest BCUT2D eigenvalue weighted by molar-refractivity contribution is -0.142. The Morgan fingerprint density at radius 3 is 2.95 bits per heavy atom. The van der Waals surface area contributed by atoms with Crippen LogP contribution in [-0.2, 0) is 16.6 Å². The summed E-state index contributed by atoms with van der Waals surface area (Å²) >= 11 is 0. The van der Waals surface area contributed by atoms with Gasteiger partial charge in [0.2, 0.25) is 5.91 Å². The standard InChI is InChI=1S/C12H19N5O3/c1-16-7-14-15-11(16)8-3-2-4-17(6-8)12(20)9(13)5-10(18)19/h7-9H,2-6,13H2,1H3,(H,18,19). The molecule has 2 atom stereocenters. The third-order valence-electron chi connectivity index (χ3n) is 3.56. The van der Waals surface area contributed by atoms with Crippen molar-refractivity contribution < 1.29 is 14.7 Å². The quantitative estimate of drug-likeness (QED) is 0.756. The summed E-state index contributed by atoms with van der Waals surface area (Å²) in [6.45, 7) is 1.12. The minimum Gasteiger partial charge on any atom is -0.481 e. The third-order valence-corrected chi connectivity index (χ3v) is 3.56. The lowest BCUT2D eigenvalue weighted by Crippen LogP contribution is -2.48. The molecule has 1 aliphatic heterocycles. The van der Waals surface area contributed by atoms with Crippen LogP contribution in [0.3, 0.4) is 0 Å². The Hall–Kier alpha value is -1.96. The van der Waals surface area contributed by atoms with Crippen molar-refractivity contribution in [2.75, 3.05) is 13.1 Å². The van der Waals surface area contributed by atoms with E-state index in [2.05, 4.69) is 10.2 Å². The highest BCUT2D eigenvalue weighted by atomic mass is 16.4. The maximum Gasteiger partial charge on any atom is 0.305 e. The van der Waals surface area contributed by atoms with Crippen molar-refractivity contribution in [3.05, 3.63) is 12.2 Å². The monoisotopic (exact) mass is 281 g/mol. The minimum absolute atomic E-state index is 0.122. The second-order valence-electron chi connectivity index (χ2n) is 5.13. The van der Waals surface area contributed by atoms with Gasteiger partial charge in [0.25, 0.3) is 0 Å². The van der Waals surface area contributed by atoms with Crippen LogP contribution in [0.4, 0.5) is 0 Å². The summed E-state index contributed by atoms with van der Waals surface area (Å²) in [6, 6.07) is -0.981. The zero-order chi connectivity index (χ0) is 14.7. The first-order valence-electron chi connectivity index (χ1n) is 6.59. The number of likely N-dealkylation sites (tertiary alicyclic amines) is 1. The summed E-state index contributed by atoms with van der Waals surface area (Å²) in [7, 11) is 1.87. The molecule has 20 heavy (non-hydrogen) atoms. The number of hydrogen-bond donors (Lipinski definition) is 2. The predicted octanol–water partition coefficient (Wildman–Crippen LogP) is -0.677. The maximum absolute atomic E-state index is 12.1. The zero-order valence-electron chi connectivity index (χ0n) is 11.4. The molecule has 0 radical (unpaired) electrons. The SMILES string of the molecule is Cn1cnnc1C1CCCN(C(=O)C(N)CC(=O)O)C1. The van der Waals surface area contributed by atoms with Gasteiger partial charge in [-0.3, -0.25) is 9.59 Å². The van der Waals surface area contributed by atoms with E-state index in [1.807, 2.05) is 11.6 Å². The topological polar surface area (TPSA) is 114 Å². The van der Waals surface area contributed by atoms with Gasteiger partial charge in [0.05, 0.1) is 12.5 Å². The fraction of sp³-hybridized carbons (Fsp3) is 0.667. The van der Waals surface area contributed by atoms with Crippen LogP contribution in [0.2, 0.25) is 0 Å². The summed E-state index contributed by atoms with van der Waals surface area (Å²) in [5, 5.41) is 16.6. The van der Waals surface area contributed by atoms with E-state index < -0.39 is 12.0 Å². The van der Waals surface area contributed by atoms with Crippen LogP contribution >= 0.6 is 0 Å². The van der Waals surface area contributed by atoms with E-state index in [1.165, 1.54) is 0 Å². The Morgan fingerprint density at radius 1 is 1.60 bits per heavy atom. The van der Waals surface area contributed by atoms with E-state index in [0.717, 1.165) is 18.7 Å². The normalized spacial score (nSPS) is 20.7. The molecular weight excluding hydrogens is 262 g/mol. The first-order chi connectivity index (χ1) is 9.49. The Balaban J connectivity index is 2.02. The fourth-order valence-electron chi connectivity index (χ4n) is 2.56. The van der Waals surface area contributed by atoms with E-state index in [-0.39, 0.29) is 18.2 Å². The molecule has 1 aromatic rings. The van der Waals surface area contributed by atoms with Gasteiger partial charge in [-0.05, 0) is 12.8 Å². The van der Waals surface area contributed by atoms with E-state index in [1.54, 1.807) is 11.2 Å². The number of nitrogens with two attached hydrogens (primary N) is 1. The van der Waals surface area contributed by atoms with Crippen molar-refractivity contribution in [1.29, 1.82) is 0 Å². The highest BCUT2D eigenvalue weighted by Gasteiger charge is 2.30. The molecule has 2 heterocycles. The highest BCUT2D eigenvalue weighted by Crippen LogP contribution is 2.25. The molecule has 8 heteroatoms. The van der Waals surface area contributed by atoms with Crippen molar-refractivity contribution in [3.8, 4) is 0 Å². The van der Waals surface area contributed by atoms with Crippen LogP contribution in [0.5, 0.6) is 0 Å². The smallest absolute Gasteiger partial charge is 0.305 e. The van der Waals surface area contributed by atoms with Gasteiger partial charge in [-0.1, -0.05) is 0 Å². The summed E-state index contributed by atoms with van der Waals surface area (Å²) in [4.78, 5) is 24.4. The van der Waals surface area contributed by atoms with E-state index in [0.29, 0.717) is 13.1 Å². The number of aryl methyl sites for hydroxylation is 1. The average Bonchev–Trinajstić information content (AvgIpc) is 2.83. The van der Waals surface area contributed by atoms with Crippen molar-refractivity contribution in [1.82, 2.24) is 19.7 Å². The van der Waals surface area contributed by atoms with Gasteiger partial charge >= 0.3 is 5.97 Å². The number of aliphatic carboxylic acids is 1. The fourth-order valence-corrected chi connectivity index (χ4v) is 2.56. The van der Waals surface area contributed by atoms with Crippen LogP contribution < -0.4 is 5.73 Å². The lowest BCUT2D eigenvalue weighted by Gasteiger charge is -2.33. The summed E-state index contributed by atoms with van der Waals surface area (Å²) in [5.74, 6) is -0.404. The van der Waals surface area contributed by atoms with E-state index in [9.17, 15) is 9.59 Å². The molecule has 0 spiro atoms. The van der Waals surface area contributed by atoms with Gasteiger partial charge in [-0.2, -0.15) is 0 Å². The van der Waals surface area contributed by atoms with Gasteiger partial charge in [0, 0.05) is 26.1 Å². The molecule has 1 fully saturated rings. The molecular formula is C12H19N5O3. The van der Waals surface area contributed by atoms with E-state index >= 15 is 0 Å². The Bertz CT molecular complexity index is 501. The number of piperidine rings is 1. The average molecular weight is 281 g/mol.